The highest BCUT2D eigenvalue weighted by Crippen LogP contribution is 2.28. The van der Waals surface area contributed by atoms with Gasteiger partial charge in [-0.05, 0) is 23.6 Å². The summed E-state index contributed by atoms with van der Waals surface area (Å²) < 4.78 is 6.46. The van der Waals surface area contributed by atoms with Crippen molar-refractivity contribution in [3.8, 4) is 16.3 Å². The zero-order valence-electron chi connectivity index (χ0n) is 15.5. The van der Waals surface area contributed by atoms with Crippen molar-refractivity contribution in [3.05, 3.63) is 59.6 Å². The molecule has 140 valence electrons. The van der Waals surface area contributed by atoms with Gasteiger partial charge in [-0.1, -0.05) is 31.2 Å². The summed E-state index contributed by atoms with van der Waals surface area (Å²) in [7, 11) is 3.03. The number of rotatable bonds is 6. The number of hydrogen-bond acceptors (Lipinski definition) is 5. The van der Waals surface area contributed by atoms with E-state index in [0.29, 0.717) is 11.3 Å². The highest BCUT2D eigenvalue weighted by molar-refractivity contribution is 7.13. The molecule has 0 N–H and O–H groups in total. The summed E-state index contributed by atoms with van der Waals surface area (Å²) >= 11 is 1.53. The van der Waals surface area contributed by atoms with Crippen molar-refractivity contribution in [1.29, 1.82) is 0 Å². The molecule has 2 heterocycles. The number of para-hydroxylation sites is 1. The monoisotopic (exact) mass is 383 g/mol. The van der Waals surface area contributed by atoms with Crippen LogP contribution in [0, 0.1) is 5.92 Å². The van der Waals surface area contributed by atoms with E-state index < -0.39 is 5.92 Å². The highest BCUT2D eigenvalue weighted by Gasteiger charge is 2.25. The summed E-state index contributed by atoms with van der Waals surface area (Å²) in [6, 6.07) is 13.5. The summed E-state index contributed by atoms with van der Waals surface area (Å²) in [4.78, 5) is 27.2. The minimum atomic E-state index is -0.404. The SMILES string of the molecule is COC(=O)C(C)CN(C)C(=O)c1cn(-c2ccccc2)nc1-c1cccs1. The molecule has 0 fully saturated rings. The van der Waals surface area contributed by atoms with Crippen LogP contribution in [0.15, 0.2) is 54.0 Å². The molecule has 0 aliphatic heterocycles. The Morgan fingerprint density at radius 1 is 1.22 bits per heavy atom. The van der Waals surface area contributed by atoms with Crippen LogP contribution in [-0.2, 0) is 9.53 Å². The number of methoxy groups -OCH3 is 1. The molecule has 1 atom stereocenters. The average molecular weight is 383 g/mol. The Kier molecular flexibility index (Phi) is 5.71. The van der Waals surface area contributed by atoms with Crippen molar-refractivity contribution >= 4 is 23.2 Å². The van der Waals surface area contributed by atoms with Crippen LogP contribution in [0.3, 0.4) is 0 Å². The molecule has 27 heavy (non-hydrogen) atoms. The maximum Gasteiger partial charge on any atom is 0.310 e. The lowest BCUT2D eigenvalue weighted by Gasteiger charge is -2.20. The lowest BCUT2D eigenvalue weighted by Crippen LogP contribution is -2.34. The lowest BCUT2D eigenvalue weighted by molar-refractivity contribution is -0.145. The van der Waals surface area contributed by atoms with Gasteiger partial charge in [0.05, 0.1) is 29.2 Å². The summed E-state index contributed by atoms with van der Waals surface area (Å²) in [5.41, 5.74) is 2.01. The Morgan fingerprint density at radius 3 is 2.59 bits per heavy atom. The summed E-state index contributed by atoms with van der Waals surface area (Å²) in [6.45, 7) is 2.01. The number of carbonyl (C=O) groups is 2. The van der Waals surface area contributed by atoms with E-state index in [1.54, 1.807) is 24.9 Å². The zero-order valence-corrected chi connectivity index (χ0v) is 16.3. The van der Waals surface area contributed by atoms with Gasteiger partial charge in [-0.25, -0.2) is 4.68 Å². The Hall–Kier alpha value is -2.93. The first kappa shape index (κ1) is 18.8. The van der Waals surface area contributed by atoms with Crippen molar-refractivity contribution in [2.24, 2.45) is 5.92 Å². The minimum absolute atomic E-state index is 0.184. The molecule has 0 radical (unpaired) electrons. The fourth-order valence-electron chi connectivity index (χ4n) is 2.81. The Morgan fingerprint density at radius 2 is 1.96 bits per heavy atom. The van der Waals surface area contributed by atoms with Gasteiger partial charge >= 0.3 is 5.97 Å². The number of nitrogens with zero attached hydrogens (tertiary/aromatic N) is 3. The first-order chi connectivity index (χ1) is 13.0. The van der Waals surface area contributed by atoms with Gasteiger partial charge < -0.3 is 9.64 Å². The fraction of sp³-hybridized carbons (Fsp3) is 0.250. The summed E-state index contributed by atoms with van der Waals surface area (Å²) in [6.07, 6.45) is 1.74. The molecule has 7 heteroatoms. The molecular weight excluding hydrogens is 362 g/mol. The van der Waals surface area contributed by atoms with Crippen molar-refractivity contribution in [1.82, 2.24) is 14.7 Å². The first-order valence-electron chi connectivity index (χ1n) is 8.53. The van der Waals surface area contributed by atoms with Crippen molar-refractivity contribution in [3.63, 3.8) is 0 Å². The zero-order chi connectivity index (χ0) is 19.4. The molecule has 2 aromatic heterocycles. The maximum atomic E-state index is 13.1. The van der Waals surface area contributed by atoms with Crippen LogP contribution in [0.5, 0.6) is 0 Å². The number of ether oxygens (including phenoxy) is 1. The standard InChI is InChI=1S/C20H21N3O3S/c1-14(20(25)26-3)12-22(2)19(24)16-13-23(15-8-5-4-6-9-15)21-18(16)17-10-7-11-27-17/h4-11,13-14H,12H2,1-3H3. The molecule has 0 saturated carbocycles. The van der Waals surface area contributed by atoms with Gasteiger partial charge in [0.15, 0.2) is 0 Å². The number of esters is 1. The Balaban J connectivity index is 1.94. The molecule has 0 bridgehead atoms. The molecule has 0 aliphatic rings. The van der Waals surface area contributed by atoms with Gasteiger partial charge in [0.25, 0.3) is 5.91 Å². The van der Waals surface area contributed by atoms with Gasteiger partial charge in [-0.3, -0.25) is 9.59 Å². The van der Waals surface area contributed by atoms with Crippen LogP contribution in [0.25, 0.3) is 16.3 Å². The van der Waals surface area contributed by atoms with Crippen LogP contribution >= 0.6 is 11.3 Å². The number of aromatic nitrogens is 2. The van der Waals surface area contributed by atoms with Gasteiger partial charge in [-0.2, -0.15) is 5.10 Å². The third-order valence-electron chi connectivity index (χ3n) is 4.22. The predicted octanol–water partition coefficient (Wildman–Crippen LogP) is 3.48. The van der Waals surface area contributed by atoms with E-state index >= 15 is 0 Å². The third kappa shape index (κ3) is 4.09. The topological polar surface area (TPSA) is 64.4 Å². The quantitative estimate of drug-likeness (QED) is 0.611. The average Bonchev–Trinajstić information content (AvgIpc) is 3.36. The summed E-state index contributed by atoms with van der Waals surface area (Å²) in [5.74, 6) is -0.928. The lowest BCUT2D eigenvalue weighted by atomic mass is 10.1. The van der Waals surface area contributed by atoms with Crippen molar-refractivity contribution in [2.75, 3.05) is 20.7 Å². The van der Waals surface area contributed by atoms with Gasteiger partial charge in [0.1, 0.15) is 5.69 Å². The molecule has 3 aromatic rings. The fourth-order valence-corrected chi connectivity index (χ4v) is 3.54. The van der Waals surface area contributed by atoms with E-state index in [9.17, 15) is 9.59 Å². The van der Waals surface area contributed by atoms with Crippen molar-refractivity contribution < 1.29 is 14.3 Å². The van der Waals surface area contributed by atoms with Crippen LogP contribution in [0.1, 0.15) is 17.3 Å². The van der Waals surface area contributed by atoms with Crippen LogP contribution in [0.4, 0.5) is 0 Å². The third-order valence-corrected chi connectivity index (χ3v) is 5.09. The number of amides is 1. The molecular formula is C20H21N3O3S. The molecule has 1 aromatic carbocycles. The van der Waals surface area contributed by atoms with E-state index in [2.05, 4.69) is 5.10 Å². The number of hydrogen-bond donors (Lipinski definition) is 0. The summed E-state index contributed by atoms with van der Waals surface area (Å²) in [5, 5.41) is 6.60. The number of thiophene rings is 1. The normalized spacial score (nSPS) is 11.8. The van der Waals surface area contributed by atoms with Crippen LogP contribution in [-0.4, -0.2) is 47.3 Å². The smallest absolute Gasteiger partial charge is 0.310 e. The second-order valence-corrected chi connectivity index (χ2v) is 7.21. The van der Waals surface area contributed by atoms with Crippen LogP contribution in [0.2, 0.25) is 0 Å². The Labute approximate surface area is 162 Å². The largest absolute Gasteiger partial charge is 0.469 e. The van der Waals surface area contributed by atoms with E-state index in [4.69, 9.17) is 4.74 Å². The highest BCUT2D eigenvalue weighted by atomic mass is 32.1. The molecule has 1 unspecified atom stereocenters. The second kappa shape index (κ2) is 8.18. The van der Waals surface area contributed by atoms with Gasteiger partial charge in [0, 0.05) is 19.8 Å². The molecule has 3 rings (SSSR count). The first-order valence-corrected chi connectivity index (χ1v) is 9.41. The molecule has 0 aliphatic carbocycles. The predicted molar refractivity (Wildman–Crippen MR) is 105 cm³/mol. The number of benzene rings is 1. The maximum absolute atomic E-state index is 13.1. The Bertz CT molecular complexity index is 919. The van der Waals surface area contributed by atoms with E-state index in [1.165, 1.54) is 23.3 Å². The van der Waals surface area contributed by atoms with Crippen molar-refractivity contribution in [2.45, 2.75) is 6.92 Å². The second-order valence-electron chi connectivity index (χ2n) is 6.26. The molecule has 6 nitrogen and oxygen atoms in total. The van der Waals surface area contributed by atoms with E-state index in [1.807, 2.05) is 47.8 Å². The van der Waals surface area contributed by atoms with E-state index in [-0.39, 0.29) is 18.4 Å². The number of carbonyl (C=O) groups excluding carboxylic acids is 2. The molecule has 0 saturated heterocycles. The van der Waals surface area contributed by atoms with E-state index in [0.717, 1.165) is 10.6 Å². The minimum Gasteiger partial charge on any atom is -0.469 e. The molecule has 1 amide bonds. The van der Waals surface area contributed by atoms with Crippen LogP contribution < -0.4 is 0 Å². The molecule has 0 spiro atoms. The van der Waals surface area contributed by atoms with Gasteiger partial charge in [0.2, 0.25) is 0 Å². The van der Waals surface area contributed by atoms with Gasteiger partial charge in [-0.15, -0.1) is 11.3 Å².